The van der Waals surface area contributed by atoms with Gasteiger partial charge >= 0.3 is 5.97 Å². The third-order valence-electron chi connectivity index (χ3n) is 7.99. The Morgan fingerprint density at radius 1 is 1.03 bits per heavy atom. The van der Waals surface area contributed by atoms with Crippen LogP contribution in [0.4, 0.5) is 17.1 Å². The molecule has 0 radical (unpaired) electrons. The number of hydrazone groups is 1. The Labute approximate surface area is 208 Å². The molecule has 2 aliphatic rings. The van der Waals surface area contributed by atoms with Gasteiger partial charge in [-0.15, -0.1) is 0 Å². The van der Waals surface area contributed by atoms with Crippen molar-refractivity contribution in [3.8, 4) is 0 Å². The first-order valence-electron chi connectivity index (χ1n) is 11.7. The Kier molecular flexibility index (Phi) is 6.15. The summed E-state index contributed by atoms with van der Waals surface area (Å²) in [5.41, 5.74) is 1.71. The van der Waals surface area contributed by atoms with Crippen LogP contribution in [0.2, 0.25) is 0 Å². The van der Waals surface area contributed by atoms with E-state index in [4.69, 9.17) is 4.74 Å². The van der Waals surface area contributed by atoms with Crippen LogP contribution in [0, 0.1) is 26.4 Å². The fourth-order valence-electron chi connectivity index (χ4n) is 5.39. The van der Waals surface area contributed by atoms with E-state index in [0.29, 0.717) is 29.8 Å². The molecule has 36 heavy (non-hydrogen) atoms. The number of carbonyl (C=O) groups is 3. The molecule has 2 N–H and O–H groups in total. The summed E-state index contributed by atoms with van der Waals surface area (Å²) in [4.78, 5) is 49.7. The summed E-state index contributed by atoms with van der Waals surface area (Å²) in [6, 6.07) is 12.0. The number of ether oxygens (including phenoxy) is 1. The number of carbonyl (C=O) groups excluding carboxylic acids is 3. The number of benzene rings is 2. The number of esters is 1. The van der Waals surface area contributed by atoms with E-state index in [1.165, 1.54) is 24.3 Å². The van der Waals surface area contributed by atoms with E-state index in [1.807, 2.05) is 20.8 Å². The highest BCUT2D eigenvalue weighted by atomic mass is 16.6. The predicted octanol–water partition coefficient (Wildman–Crippen LogP) is 4.57. The van der Waals surface area contributed by atoms with Crippen molar-refractivity contribution < 1.29 is 24.0 Å². The molecule has 10 heteroatoms. The summed E-state index contributed by atoms with van der Waals surface area (Å²) in [7, 11) is 0. The number of nitrogens with one attached hydrogen (secondary N) is 2. The molecule has 0 spiro atoms. The lowest BCUT2D eigenvalue weighted by Crippen LogP contribution is -2.47. The summed E-state index contributed by atoms with van der Waals surface area (Å²) in [6.07, 6.45) is 0.986. The summed E-state index contributed by atoms with van der Waals surface area (Å²) in [5.74, 6) is -1.20. The lowest BCUT2D eigenvalue weighted by Gasteiger charge is -2.37. The number of nitrogens with zero attached hydrogens (tertiary/aromatic N) is 2. The third kappa shape index (κ3) is 3.64. The second-order valence-electron chi connectivity index (χ2n) is 9.82. The van der Waals surface area contributed by atoms with Crippen LogP contribution in [-0.2, 0) is 14.3 Å². The van der Waals surface area contributed by atoms with Gasteiger partial charge in [-0.25, -0.2) is 4.79 Å². The number of non-ortho nitro benzene ring substituents is 1. The minimum Gasteiger partial charge on any atom is -0.462 e. The molecule has 2 aliphatic carbocycles. The Balaban J connectivity index is 1.59. The monoisotopic (exact) mass is 492 g/mol. The number of ketones is 1. The Morgan fingerprint density at radius 3 is 2.22 bits per heavy atom. The maximum absolute atomic E-state index is 13.7. The molecule has 0 heterocycles. The molecule has 4 rings (SSSR count). The first-order chi connectivity index (χ1) is 17.0. The van der Waals surface area contributed by atoms with Crippen molar-refractivity contribution in [2.75, 3.05) is 17.3 Å². The van der Waals surface area contributed by atoms with Gasteiger partial charge in [-0.1, -0.05) is 20.8 Å². The molecular weight excluding hydrogens is 464 g/mol. The van der Waals surface area contributed by atoms with E-state index in [2.05, 4.69) is 15.8 Å². The minimum atomic E-state index is -1.31. The highest BCUT2D eigenvalue weighted by Gasteiger charge is 2.76. The van der Waals surface area contributed by atoms with Crippen LogP contribution in [0.15, 0.2) is 53.6 Å². The topological polar surface area (TPSA) is 140 Å². The maximum atomic E-state index is 13.7. The van der Waals surface area contributed by atoms with Crippen LogP contribution in [0.1, 0.15) is 50.9 Å². The van der Waals surface area contributed by atoms with Crippen molar-refractivity contribution in [3.63, 3.8) is 0 Å². The molecule has 0 aromatic heterocycles. The number of nitro groups is 1. The van der Waals surface area contributed by atoms with Crippen LogP contribution in [0.25, 0.3) is 0 Å². The Hall–Kier alpha value is -4.08. The molecule has 10 nitrogen and oxygen atoms in total. The van der Waals surface area contributed by atoms with Gasteiger partial charge in [0.2, 0.25) is 5.91 Å². The van der Waals surface area contributed by atoms with Gasteiger partial charge in [0, 0.05) is 23.2 Å². The van der Waals surface area contributed by atoms with Crippen molar-refractivity contribution in [1.29, 1.82) is 0 Å². The van der Waals surface area contributed by atoms with E-state index in [1.54, 1.807) is 31.2 Å². The quantitative estimate of drug-likeness (QED) is 0.250. The lowest BCUT2D eigenvalue weighted by molar-refractivity contribution is -0.384. The van der Waals surface area contributed by atoms with Gasteiger partial charge in [0.15, 0.2) is 5.78 Å². The fourth-order valence-corrected chi connectivity index (χ4v) is 5.39. The number of nitro benzene ring substituents is 1. The molecule has 2 saturated carbocycles. The Morgan fingerprint density at radius 2 is 1.64 bits per heavy atom. The average Bonchev–Trinajstić information content (AvgIpc) is 3.13. The van der Waals surface area contributed by atoms with Gasteiger partial charge in [0.1, 0.15) is 11.1 Å². The number of Topliss-reactive ketones (excluding diaryl/α,β-unsaturated/α-hetero) is 1. The first kappa shape index (κ1) is 25.0. The molecule has 2 bridgehead atoms. The van der Waals surface area contributed by atoms with Gasteiger partial charge < -0.3 is 10.1 Å². The van der Waals surface area contributed by atoms with Crippen LogP contribution in [-0.4, -0.2) is 34.9 Å². The molecule has 0 saturated heterocycles. The second kappa shape index (κ2) is 8.85. The highest BCUT2D eigenvalue weighted by molar-refractivity contribution is 6.51. The number of anilines is 2. The maximum Gasteiger partial charge on any atom is 0.338 e. The zero-order chi connectivity index (χ0) is 26.3. The van der Waals surface area contributed by atoms with E-state index >= 15 is 0 Å². The fraction of sp³-hybridized carbons (Fsp3) is 0.385. The van der Waals surface area contributed by atoms with Crippen LogP contribution < -0.4 is 10.7 Å². The average molecular weight is 493 g/mol. The molecule has 188 valence electrons. The summed E-state index contributed by atoms with van der Waals surface area (Å²) in [6.45, 7) is 7.75. The third-order valence-corrected chi connectivity index (χ3v) is 7.99. The van der Waals surface area contributed by atoms with E-state index in [0.717, 1.165) is 0 Å². The number of hydrogen-bond acceptors (Lipinski definition) is 8. The van der Waals surface area contributed by atoms with E-state index in [9.17, 15) is 24.5 Å². The largest absolute Gasteiger partial charge is 0.462 e. The molecule has 2 fully saturated rings. The normalized spacial score (nSPS) is 25.0. The Bertz CT molecular complexity index is 1270. The summed E-state index contributed by atoms with van der Waals surface area (Å²) >= 11 is 0. The van der Waals surface area contributed by atoms with Crippen LogP contribution >= 0.6 is 0 Å². The highest BCUT2D eigenvalue weighted by Crippen LogP contribution is 2.69. The standard InChI is InChI=1S/C26H28N4O6/c1-5-36-22(32)16-6-8-17(9-7-16)27-23(33)26-15-14-25(4,24(26,2)3)20(21(26)31)29-28-18-10-12-19(13-11-18)30(34)35/h6-13,28H,5,14-15H2,1-4H3,(H,27,33). The number of rotatable bonds is 7. The zero-order valence-electron chi connectivity index (χ0n) is 20.6. The first-order valence-corrected chi connectivity index (χ1v) is 11.7. The number of hydrogen-bond donors (Lipinski definition) is 2. The number of amides is 1. The molecule has 2 unspecified atom stereocenters. The van der Waals surface area contributed by atoms with Crippen molar-refractivity contribution in [3.05, 3.63) is 64.2 Å². The van der Waals surface area contributed by atoms with Gasteiger partial charge in [-0.3, -0.25) is 25.1 Å². The molecule has 2 atom stereocenters. The smallest absolute Gasteiger partial charge is 0.338 e. The predicted molar refractivity (Wildman–Crippen MR) is 134 cm³/mol. The van der Waals surface area contributed by atoms with Crippen molar-refractivity contribution >= 4 is 40.4 Å². The SMILES string of the molecule is CCOC(=O)c1ccc(NC(=O)C23CCC(C)(C(=NNc4ccc([N+](=O)[O-])cc4)C2=O)C3(C)C)cc1. The summed E-state index contributed by atoms with van der Waals surface area (Å²) < 4.78 is 4.98. The van der Waals surface area contributed by atoms with E-state index < -0.39 is 33.0 Å². The lowest BCUT2D eigenvalue weighted by atomic mass is 9.64. The van der Waals surface area contributed by atoms with Crippen LogP contribution in [0.3, 0.4) is 0 Å². The van der Waals surface area contributed by atoms with Gasteiger partial charge in [-0.2, -0.15) is 5.10 Å². The summed E-state index contributed by atoms with van der Waals surface area (Å²) in [5, 5.41) is 18.1. The molecule has 1 amide bonds. The van der Waals surface area contributed by atoms with E-state index in [-0.39, 0.29) is 23.8 Å². The van der Waals surface area contributed by atoms with Gasteiger partial charge in [-0.05, 0) is 61.6 Å². The van der Waals surface area contributed by atoms with Crippen molar-refractivity contribution in [1.82, 2.24) is 0 Å². The van der Waals surface area contributed by atoms with Crippen molar-refractivity contribution in [2.45, 2.75) is 40.5 Å². The van der Waals surface area contributed by atoms with Gasteiger partial charge in [0.25, 0.3) is 5.69 Å². The number of fused-ring (bicyclic) bond motifs is 2. The molecule has 0 aliphatic heterocycles. The molecular formula is C26H28N4O6. The van der Waals surface area contributed by atoms with Gasteiger partial charge in [0.05, 0.1) is 22.8 Å². The molecule has 2 aromatic carbocycles. The molecule has 2 aromatic rings. The van der Waals surface area contributed by atoms with Crippen molar-refractivity contribution in [2.24, 2.45) is 21.3 Å². The van der Waals surface area contributed by atoms with Crippen LogP contribution in [0.5, 0.6) is 0 Å². The second-order valence-corrected chi connectivity index (χ2v) is 9.82. The zero-order valence-corrected chi connectivity index (χ0v) is 20.6. The minimum absolute atomic E-state index is 0.0526.